The molecule has 0 aliphatic carbocycles. The monoisotopic (exact) mass is 221 g/mol. The van der Waals surface area contributed by atoms with Crippen molar-refractivity contribution in [1.29, 1.82) is 0 Å². The summed E-state index contributed by atoms with van der Waals surface area (Å²) in [6.45, 7) is 2.45. The predicted octanol–water partition coefficient (Wildman–Crippen LogP) is 1.61. The molecular weight excluding hydrogens is 206 g/mol. The van der Waals surface area contributed by atoms with Gasteiger partial charge in [0.2, 0.25) is 0 Å². The molecule has 0 spiro atoms. The maximum Gasteiger partial charge on any atom is 0.337 e. The van der Waals surface area contributed by atoms with E-state index in [4.69, 9.17) is 4.84 Å². The fraction of sp³-hybridized carbons (Fsp3) is 0.417. The van der Waals surface area contributed by atoms with E-state index in [-0.39, 0.29) is 5.97 Å². The first kappa shape index (κ1) is 11.1. The van der Waals surface area contributed by atoms with Crippen molar-refractivity contribution >= 4 is 5.97 Å². The highest BCUT2D eigenvalue weighted by Gasteiger charge is 2.13. The third kappa shape index (κ3) is 2.59. The molecule has 1 saturated heterocycles. The highest BCUT2D eigenvalue weighted by atomic mass is 16.7. The van der Waals surface area contributed by atoms with Crippen LogP contribution in [0.15, 0.2) is 24.3 Å². The van der Waals surface area contributed by atoms with Crippen molar-refractivity contribution in [2.24, 2.45) is 0 Å². The second-order valence-corrected chi connectivity index (χ2v) is 3.74. The van der Waals surface area contributed by atoms with Crippen LogP contribution in [-0.2, 0) is 16.1 Å². The van der Waals surface area contributed by atoms with Crippen LogP contribution in [0.5, 0.6) is 0 Å². The zero-order valence-corrected chi connectivity index (χ0v) is 9.31. The molecule has 0 unspecified atom stereocenters. The van der Waals surface area contributed by atoms with Crippen LogP contribution in [0.1, 0.15) is 22.3 Å². The van der Waals surface area contributed by atoms with Gasteiger partial charge in [-0.1, -0.05) is 12.1 Å². The van der Waals surface area contributed by atoms with E-state index >= 15 is 0 Å². The van der Waals surface area contributed by atoms with Gasteiger partial charge < -0.3 is 4.74 Å². The average molecular weight is 221 g/mol. The van der Waals surface area contributed by atoms with Gasteiger partial charge in [0.25, 0.3) is 0 Å². The summed E-state index contributed by atoms with van der Waals surface area (Å²) in [6, 6.07) is 7.43. The standard InChI is InChI=1S/C12H15NO3/c1-15-12(14)11-5-2-4-10(8-11)9-13-6-3-7-16-13/h2,4-5,8H,3,6-7,9H2,1H3. The number of nitrogens with zero attached hydrogens (tertiary/aromatic N) is 1. The normalized spacial score (nSPS) is 16.3. The lowest BCUT2D eigenvalue weighted by Crippen LogP contribution is -2.17. The molecular formula is C12H15NO3. The average Bonchev–Trinajstić information content (AvgIpc) is 2.81. The highest BCUT2D eigenvalue weighted by Crippen LogP contribution is 2.13. The van der Waals surface area contributed by atoms with Crippen LogP contribution in [-0.4, -0.2) is 31.3 Å². The highest BCUT2D eigenvalue weighted by molar-refractivity contribution is 5.89. The largest absolute Gasteiger partial charge is 0.465 e. The molecule has 1 aromatic rings. The van der Waals surface area contributed by atoms with Crippen molar-refractivity contribution in [1.82, 2.24) is 5.06 Å². The van der Waals surface area contributed by atoms with Crippen molar-refractivity contribution in [2.75, 3.05) is 20.3 Å². The van der Waals surface area contributed by atoms with E-state index in [0.29, 0.717) is 12.1 Å². The van der Waals surface area contributed by atoms with Crippen LogP contribution in [0.2, 0.25) is 0 Å². The zero-order chi connectivity index (χ0) is 11.4. The molecule has 0 aromatic heterocycles. The number of carbonyl (C=O) groups is 1. The van der Waals surface area contributed by atoms with Gasteiger partial charge in [0.05, 0.1) is 19.3 Å². The van der Waals surface area contributed by atoms with E-state index in [1.165, 1.54) is 7.11 Å². The van der Waals surface area contributed by atoms with E-state index in [2.05, 4.69) is 4.74 Å². The fourth-order valence-electron chi connectivity index (χ4n) is 1.74. The number of esters is 1. The third-order valence-corrected chi connectivity index (χ3v) is 2.53. The second kappa shape index (κ2) is 5.09. The fourth-order valence-corrected chi connectivity index (χ4v) is 1.74. The number of hydrogen-bond acceptors (Lipinski definition) is 4. The Labute approximate surface area is 94.7 Å². The molecule has 0 bridgehead atoms. The van der Waals surface area contributed by atoms with E-state index < -0.39 is 0 Å². The Morgan fingerprint density at radius 1 is 1.56 bits per heavy atom. The Kier molecular flexibility index (Phi) is 3.54. The van der Waals surface area contributed by atoms with Gasteiger partial charge in [-0.25, -0.2) is 4.79 Å². The topological polar surface area (TPSA) is 38.8 Å². The second-order valence-electron chi connectivity index (χ2n) is 3.74. The van der Waals surface area contributed by atoms with Gasteiger partial charge in [0.1, 0.15) is 0 Å². The minimum absolute atomic E-state index is 0.302. The van der Waals surface area contributed by atoms with E-state index in [0.717, 1.165) is 25.1 Å². The molecule has 0 atom stereocenters. The Hall–Kier alpha value is -1.39. The van der Waals surface area contributed by atoms with Gasteiger partial charge in [-0.3, -0.25) is 4.84 Å². The van der Waals surface area contributed by atoms with Crippen molar-refractivity contribution in [2.45, 2.75) is 13.0 Å². The van der Waals surface area contributed by atoms with Crippen molar-refractivity contribution < 1.29 is 14.4 Å². The van der Waals surface area contributed by atoms with Crippen molar-refractivity contribution in [3.8, 4) is 0 Å². The molecule has 0 radical (unpaired) electrons. The van der Waals surface area contributed by atoms with Crippen molar-refractivity contribution in [3.05, 3.63) is 35.4 Å². The first-order chi connectivity index (χ1) is 7.79. The molecule has 1 fully saturated rings. The summed E-state index contributed by atoms with van der Waals surface area (Å²) >= 11 is 0. The van der Waals surface area contributed by atoms with E-state index in [1.54, 1.807) is 6.07 Å². The lowest BCUT2D eigenvalue weighted by atomic mass is 10.1. The smallest absolute Gasteiger partial charge is 0.337 e. The van der Waals surface area contributed by atoms with Crippen molar-refractivity contribution in [3.63, 3.8) is 0 Å². The number of hydroxylamine groups is 2. The number of rotatable bonds is 3. The Bertz CT molecular complexity index is 372. The first-order valence-electron chi connectivity index (χ1n) is 5.35. The number of hydrogen-bond donors (Lipinski definition) is 0. The summed E-state index contributed by atoms with van der Waals surface area (Å²) in [5.41, 5.74) is 1.64. The van der Waals surface area contributed by atoms with Crippen LogP contribution in [0.3, 0.4) is 0 Å². The Morgan fingerprint density at radius 3 is 3.12 bits per heavy atom. The predicted molar refractivity (Wildman–Crippen MR) is 58.8 cm³/mol. The van der Waals surface area contributed by atoms with Gasteiger partial charge >= 0.3 is 5.97 Å². The molecule has 16 heavy (non-hydrogen) atoms. The molecule has 4 heteroatoms. The molecule has 1 aliphatic heterocycles. The summed E-state index contributed by atoms with van der Waals surface area (Å²) in [4.78, 5) is 16.7. The number of methoxy groups -OCH3 is 1. The maximum absolute atomic E-state index is 11.3. The number of carbonyl (C=O) groups excluding carboxylic acids is 1. The zero-order valence-electron chi connectivity index (χ0n) is 9.31. The van der Waals surface area contributed by atoms with Crippen LogP contribution < -0.4 is 0 Å². The van der Waals surface area contributed by atoms with Gasteiger partial charge in [0, 0.05) is 13.1 Å². The minimum atomic E-state index is -0.302. The summed E-state index contributed by atoms with van der Waals surface area (Å²) in [6.07, 6.45) is 1.07. The van der Waals surface area contributed by atoms with Gasteiger partial charge in [-0.15, -0.1) is 0 Å². The molecule has 1 aliphatic rings. The molecule has 0 saturated carbocycles. The maximum atomic E-state index is 11.3. The summed E-state index contributed by atoms with van der Waals surface area (Å²) in [5, 5.41) is 1.91. The number of benzene rings is 1. The van der Waals surface area contributed by atoms with Gasteiger partial charge in [0.15, 0.2) is 0 Å². The first-order valence-corrected chi connectivity index (χ1v) is 5.35. The summed E-state index contributed by atoms with van der Waals surface area (Å²) < 4.78 is 4.68. The molecule has 1 heterocycles. The van der Waals surface area contributed by atoms with Crippen LogP contribution >= 0.6 is 0 Å². The summed E-state index contributed by atoms with van der Waals surface area (Å²) in [7, 11) is 1.39. The van der Waals surface area contributed by atoms with Gasteiger partial charge in [-0.2, -0.15) is 5.06 Å². The van der Waals surface area contributed by atoms with E-state index in [9.17, 15) is 4.79 Å². The number of ether oxygens (including phenoxy) is 1. The molecule has 2 rings (SSSR count). The molecule has 0 amide bonds. The van der Waals surface area contributed by atoms with Crippen LogP contribution in [0.4, 0.5) is 0 Å². The lowest BCUT2D eigenvalue weighted by molar-refractivity contribution is -0.117. The SMILES string of the molecule is COC(=O)c1cccc(CN2CCCO2)c1. The third-order valence-electron chi connectivity index (χ3n) is 2.53. The summed E-state index contributed by atoms with van der Waals surface area (Å²) in [5.74, 6) is -0.302. The van der Waals surface area contributed by atoms with Crippen LogP contribution in [0.25, 0.3) is 0 Å². The van der Waals surface area contributed by atoms with E-state index in [1.807, 2.05) is 23.3 Å². The molecule has 0 N–H and O–H groups in total. The molecule has 86 valence electrons. The molecule has 1 aromatic carbocycles. The quantitative estimate of drug-likeness (QED) is 0.727. The minimum Gasteiger partial charge on any atom is -0.465 e. The lowest BCUT2D eigenvalue weighted by Gasteiger charge is -2.13. The molecule has 4 nitrogen and oxygen atoms in total. The Balaban J connectivity index is 2.06. The Morgan fingerprint density at radius 2 is 2.44 bits per heavy atom. The van der Waals surface area contributed by atoms with Crippen LogP contribution in [0, 0.1) is 0 Å². The van der Waals surface area contributed by atoms with Gasteiger partial charge in [-0.05, 0) is 24.1 Å².